The topological polar surface area (TPSA) is 52.8 Å². The van der Waals surface area contributed by atoms with Gasteiger partial charge in [-0.2, -0.15) is 0 Å². The molecule has 2 N–H and O–H groups in total. The number of guanidine groups is 1. The fraction of sp³-hybridized carbons (Fsp3) is 0.722. The van der Waals surface area contributed by atoms with Crippen LogP contribution in [0.3, 0.4) is 0 Å². The van der Waals surface area contributed by atoms with E-state index in [1.54, 1.807) is 6.26 Å². The molecule has 1 saturated heterocycles. The Balaban J connectivity index is 0.00000208. The number of hydrogen-bond donors (Lipinski definition) is 2. The summed E-state index contributed by atoms with van der Waals surface area (Å²) in [4.78, 5) is 7.33. The van der Waals surface area contributed by atoms with Crippen molar-refractivity contribution in [3.63, 3.8) is 0 Å². The first-order valence-electron chi connectivity index (χ1n) is 9.13. The molecule has 1 unspecified atom stereocenters. The van der Waals surface area contributed by atoms with Gasteiger partial charge in [0, 0.05) is 32.1 Å². The Morgan fingerprint density at radius 3 is 2.92 bits per heavy atom. The second kappa shape index (κ2) is 10.3. The molecule has 0 bridgehead atoms. The van der Waals surface area contributed by atoms with Gasteiger partial charge in [0.05, 0.1) is 6.26 Å². The average Bonchev–Trinajstić information content (AvgIpc) is 3.06. The summed E-state index contributed by atoms with van der Waals surface area (Å²) in [7, 11) is 0. The maximum atomic E-state index is 5.39. The SMILES string of the molecule is CCN1CCCC1CNC(=NCC1CC1)NCCc1ccco1.I. The largest absolute Gasteiger partial charge is 0.469 e. The highest BCUT2D eigenvalue weighted by Crippen LogP contribution is 2.28. The monoisotopic (exact) mass is 446 g/mol. The molecule has 6 heteroatoms. The molecule has 2 heterocycles. The summed E-state index contributed by atoms with van der Waals surface area (Å²) < 4.78 is 5.39. The van der Waals surface area contributed by atoms with Gasteiger partial charge in [-0.1, -0.05) is 6.92 Å². The third-order valence-electron chi connectivity index (χ3n) is 4.86. The highest BCUT2D eigenvalue weighted by molar-refractivity contribution is 14.0. The first-order valence-corrected chi connectivity index (χ1v) is 9.13. The highest BCUT2D eigenvalue weighted by atomic mass is 127. The Hall–Kier alpha value is -0.760. The zero-order chi connectivity index (χ0) is 15.9. The molecule has 0 radical (unpaired) electrons. The Morgan fingerprint density at radius 2 is 2.21 bits per heavy atom. The van der Waals surface area contributed by atoms with E-state index >= 15 is 0 Å². The Bertz CT molecular complexity index is 487. The molecular formula is C18H31IN4O. The molecule has 1 atom stereocenters. The van der Waals surface area contributed by atoms with E-state index < -0.39 is 0 Å². The molecule has 1 aliphatic carbocycles. The van der Waals surface area contributed by atoms with Gasteiger partial charge >= 0.3 is 0 Å². The zero-order valence-electron chi connectivity index (χ0n) is 14.7. The van der Waals surface area contributed by atoms with Crippen molar-refractivity contribution in [1.29, 1.82) is 0 Å². The lowest BCUT2D eigenvalue weighted by molar-refractivity contribution is 0.267. The van der Waals surface area contributed by atoms with E-state index in [9.17, 15) is 0 Å². The van der Waals surface area contributed by atoms with E-state index in [-0.39, 0.29) is 24.0 Å². The number of likely N-dealkylation sites (tertiary alicyclic amines) is 1. The number of halogens is 1. The Kier molecular flexibility index (Phi) is 8.38. The van der Waals surface area contributed by atoms with Crippen LogP contribution in [0.4, 0.5) is 0 Å². The predicted octanol–water partition coefficient (Wildman–Crippen LogP) is 2.87. The molecule has 136 valence electrons. The van der Waals surface area contributed by atoms with Crippen LogP contribution in [0, 0.1) is 5.92 Å². The van der Waals surface area contributed by atoms with Crippen LogP contribution in [-0.2, 0) is 6.42 Å². The summed E-state index contributed by atoms with van der Waals surface area (Å²) in [6.07, 6.45) is 7.92. The van der Waals surface area contributed by atoms with E-state index in [4.69, 9.17) is 9.41 Å². The average molecular weight is 446 g/mol. The van der Waals surface area contributed by atoms with Gasteiger partial charge in [-0.25, -0.2) is 0 Å². The lowest BCUT2D eigenvalue weighted by atomic mass is 10.2. The molecule has 1 aliphatic heterocycles. The van der Waals surface area contributed by atoms with Gasteiger partial charge in [-0.15, -0.1) is 24.0 Å². The van der Waals surface area contributed by atoms with Crippen LogP contribution >= 0.6 is 24.0 Å². The third kappa shape index (κ3) is 6.27. The summed E-state index contributed by atoms with van der Waals surface area (Å²) in [6.45, 7) is 7.44. The molecule has 0 amide bonds. The molecule has 2 fully saturated rings. The van der Waals surface area contributed by atoms with Gasteiger partial charge in [0.25, 0.3) is 0 Å². The highest BCUT2D eigenvalue weighted by Gasteiger charge is 2.23. The molecule has 2 aliphatic rings. The van der Waals surface area contributed by atoms with Crippen LogP contribution in [0.5, 0.6) is 0 Å². The summed E-state index contributed by atoms with van der Waals surface area (Å²) in [5.74, 6) is 2.80. The molecule has 3 rings (SSSR count). The number of hydrogen-bond acceptors (Lipinski definition) is 3. The van der Waals surface area contributed by atoms with Crippen molar-refractivity contribution in [3.05, 3.63) is 24.2 Å². The number of aliphatic imine (C=N–C) groups is 1. The van der Waals surface area contributed by atoms with Gasteiger partial charge in [0.2, 0.25) is 0 Å². The Morgan fingerprint density at radius 1 is 1.33 bits per heavy atom. The molecule has 0 spiro atoms. The predicted molar refractivity (Wildman–Crippen MR) is 109 cm³/mol. The number of nitrogens with one attached hydrogen (secondary N) is 2. The minimum atomic E-state index is 0. The zero-order valence-corrected chi connectivity index (χ0v) is 17.0. The van der Waals surface area contributed by atoms with Gasteiger partial charge < -0.3 is 15.1 Å². The maximum Gasteiger partial charge on any atom is 0.191 e. The number of nitrogens with zero attached hydrogens (tertiary/aromatic N) is 2. The minimum Gasteiger partial charge on any atom is -0.469 e. The van der Waals surface area contributed by atoms with Crippen LogP contribution in [0.25, 0.3) is 0 Å². The molecular weight excluding hydrogens is 415 g/mol. The summed E-state index contributed by atoms with van der Waals surface area (Å²) in [6, 6.07) is 4.61. The first kappa shape index (κ1) is 19.6. The fourth-order valence-electron chi connectivity index (χ4n) is 3.21. The first-order chi connectivity index (χ1) is 11.3. The Labute approximate surface area is 162 Å². The number of furan rings is 1. The normalized spacial score (nSPS) is 21.5. The van der Waals surface area contributed by atoms with Crippen LogP contribution in [-0.4, -0.2) is 49.6 Å². The summed E-state index contributed by atoms with van der Waals surface area (Å²) in [5, 5.41) is 7.01. The van der Waals surface area contributed by atoms with Crippen molar-refractivity contribution >= 4 is 29.9 Å². The van der Waals surface area contributed by atoms with Crippen LogP contribution in [0.1, 0.15) is 38.4 Å². The molecule has 0 aromatic carbocycles. The molecule has 1 aromatic rings. The van der Waals surface area contributed by atoms with Gasteiger partial charge in [0.15, 0.2) is 5.96 Å². The van der Waals surface area contributed by atoms with E-state index in [1.165, 1.54) is 32.2 Å². The fourth-order valence-corrected chi connectivity index (χ4v) is 3.21. The lowest BCUT2D eigenvalue weighted by Crippen LogP contribution is -2.45. The third-order valence-corrected chi connectivity index (χ3v) is 4.86. The van der Waals surface area contributed by atoms with Crippen LogP contribution < -0.4 is 10.6 Å². The number of likely N-dealkylation sites (N-methyl/N-ethyl adjacent to an activating group) is 1. The van der Waals surface area contributed by atoms with E-state index in [1.807, 2.05) is 12.1 Å². The van der Waals surface area contributed by atoms with Crippen molar-refractivity contribution < 1.29 is 4.42 Å². The van der Waals surface area contributed by atoms with Crippen molar-refractivity contribution in [1.82, 2.24) is 15.5 Å². The summed E-state index contributed by atoms with van der Waals surface area (Å²) >= 11 is 0. The van der Waals surface area contributed by atoms with Gasteiger partial charge in [-0.05, 0) is 56.8 Å². The van der Waals surface area contributed by atoms with Gasteiger partial charge in [0.1, 0.15) is 5.76 Å². The van der Waals surface area contributed by atoms with Crippen LogP contribution in [0.15, 0.2) is 27.8 Å². The van der Waals surface area contributed by atoms with Crippen molar-refractivity contribution in [3.8, 4) is 0 Å². The molecule has 24 heavy (non-hydrogen) atoms. The minimum absolute atomic E-state index is 0. The van der Waals surface area contributed by atoms with Crippen molar-refractivity contribution in [2.24, 2.45) is 10.9 Å². The van der Waals surface area contributed by atoms with Crippen molar-refractivity contribution in [2.45, 2.75) is 45.1 Å². The molecule has 5 nitrogen and oxygen atoms in total. The van der Waals surface area contributed by atoms with Crippen LogP contribution in [0.2, 0.25) is 0 Å². The second-order valence-electron chi connectivity index (χ2n) is 6.69. The second-order valence-corrected chi connectivity index (χ2v) is 6.69. The number of rotatable bonds is 8. The van der Waals surface area contributed by atoms with Crippen molar-refractivity contribution in [2.75, 3.05) is 32.7 Å². The van der Waals surface area contributed by atoms with Gasteiger partial charge in [-0.3, -0.25) is 9.89 Å². The molecule has 1 saturated carbocycles. The van der Waals surface area contributed by atoms with E-state index in [2.05, 4.69) is 22.5 Å². The smallest absolute Gasteiger partial charge is 0.191 e. The standard InChI is InChI=1S/C18H30N4O.HI/c1-2-22-11-3-5-16(22)14-21-18(20-13-15-7-8-15)19-10-9-17-6-4-12-23-17;/h4,6,12,15-16H,2-3,5,7-11,13-14H2,1H3,(H2,19,20,21);1H. The maximum absolute atomic E-state index is 5.39. The van der Waals surface area contributed by atoms with E-state index in [0.717, 1.165) is 50.2 Å². The quantitative estimate of drug-likeness (QED) is 0.367. The molecule has 1 aromatic heterocycles. The lowest BCUT2D eigenvalue weighted by Gasteiger charge is -2.24. The summed E-state index contributed by atoms with van der Waals surface area (Å²) in [5.41, 5.74) is 0. The van der Waals surface area contributed by atoms with E-state index in [0.29, 0.717) is 6.04 Å².